The molecule has 1 aliphatic heterocycles. The van der Waals surface area contributed by atoms with E-state index in [-0.39, 0.29) is 5.41 Å². The van der Waals surface area contributed by atoms with Crippen molar-refractivity contribution in [3.8, 4) is 39.3 Å². The lowest BCUT2D eigenvalue weighted by molar-refractivity contribution is 0.629. The van der Waals surface area contributed by atoms with E-state index in [4.69, 9.17) is 4.98 Å². The van der Waals surface area contributed by atoms with Gasteiger partial charge >= 0.3 is 0 Å². The fraction of sp³-hybridized carbons (Fsp3) is 0.0938. The van der Waals surface area contributed by atoms with Crippen molar-refractivity contribution >= 4 is 11.0 Å². The molecule has 0 radical (unpaired) electrons. The average molecular weight is 465 g/mol. The minimum Gasteiger partial charge on any atom is -0.292 e. The van der Waals surface area contributed by atoms with Crippen molar-refractivity contribution < 1.29 is 0 Å². The Kier molecular flexibility index (Phi) is 4.45. The minimum absolute atomic E-state index is 0.187. The Morgan fingerprint density at radius 2 is 1.36 bits per heavy atom. The first-order chi connectivity index (χ1) is 17.6. The third kappa shape index (κ3) is 2.97. The summed E-state index contributed by atoms with van der Waals surface area (Å²) in [7, 11) is 0. The molecule has 0 saturated carbocycles. The summed E-state index contributed by atoms with van der Waals surface area (Å²) in [6.07, 6.45) is 5.23. The van der Waals surface area contributed by atoms with Gasteiger partial charge in [-0.25, -0.2) is 15.0 Å². The van der Waals surface area contributed by atoms with Gasteiger partial charge in [0.2, 0.25) is 0 Å². The van der Waals surface area contributed by atoms with Crippen LogP contribution in [0.15, 0.2) is 110 Å². The van der Waals surface area contributed by atoms with Crippen LogP contribution in [0.25, 0.3) is 50.4 Å². The molecule has 6 aromatic rings. The minimum atomic E-state index is -0.187. The molecular weight excluding hydrogens is 440 g/mol. The van der Waals surface area contributed by atoms with Gasteiger partial charge in [-0.3, -0.25) is 4.57 Å². The highest BCUT2D eigenvalue weighted by atomic mass is 15.1. The Balaban J connectivity index is 1.50. The molecular formula is C32H24N4. The Morgan fingerprint density at radius 1 is 0.639 bits per heavy atom. The van der Waals surface area contributed by atoms with Crippen molar-refractivity contribution in [2.24, 2.45) is 0 Å². The first-order valence-corrected chi connectivity index (χ1v) is 12.2. The number of benzene rings is 4. The summed E-state index contributed by atoms with van der Waals surface area (Å²) in [5.74, 6) is 0.868. The standard InChI is InChI=1S/C32H24N4/c1-32(2)26-13-8-14-28-30(26)36(31(35-28)23-18-33-20-34-19-23)29-16-15-22(17-27(29)32)25-12-7-6-11-24(25)21-9-4-3-5-10-21/h3-20H,1-2H3. The maximum atomic E-state index is 5.04. The molecule has 0 fully saturated rings. The van der Waals surface area contributed by atoms with Gasteiger partial charge in [-0.15, -0.1) is 0 Å². The van der Waals surface area contributed by atoms with Crippen LogP contribution < -0.4 is 0 Å². The smallest absolute Gasteiger partial charge is 0.148 e. The summed E-state index contributed by atoms with van der Waals surface area (Å²) in [5, 5.41) is 0. The van der Waals surface area contributed by atoms with Crippen LogP contribution in [0.4, 0.5) is 0 Å². The number of hydrogen-bond donors (Lipinski definition) is 0. The van der Waals surface area contributed by atoms with E-state index >= 15 is 0 Å². The zero-order chi connectivity index (χ0) is 24.3. The van der Waals surface area contributed by atoms with Crippen molar-refractivity contribution in [2.75, 3.05) is 0 Å². The van der Waals surface area contributed by atoms with Crippen molar-refractivity contribution in [2.45, 2.75) is 19.3 Å². The van der Waals surface area contributed by atoms with Crippen LogP contribution >= 0.6 is 0 Å². The van der Waals surface area contributed by atoms with E-state index in [2.05, 4.69) is 119 Å². The molecule has 3 heterocycles. The Bertz CT molecular complexity index is 1750. The highest BCUT2D eigenvalue weighted by Crippen LogP contribution is 2.47. The SMILES string of the molecule is CC1(C)c2cc(-c3ccccc3-c3ccccc3)ccc2-n2c(-c3cncnc3)nc3cccc1c32. The second kappa shape index (κ2) is 7.72. The maximum Gasteiger partial charge on any atom is 0.148 e. The third-order valence-corrected chi connectivity index (χ3v) is 7.40. The molecule has 0 bridgehead atoms. The lowest BCUT2D eigenvalue weighted by atomic mass is 9.74. The molecule has 2 aromatic heterocycles. The summed E-state index contributed by atoms with van der Waals surface area (Å²) < 4.78 is 2.29. The average Bonchev–Trinajstić information content (AvgIpc) is 3.33. The number of nitrogens with zero attached hydrogens (tertiary/aromatic N) is 4. The number of hydrogen-bond acceptors (Lipinski definition) is 3. The van der Waals surface area contributed by atoms with Crippen LogP contribution in [0.3, 0.4) is 0 Å². The Hall–Kier alpha value is -4.57. The molecule has 0 N–H and O–H groups in total. The molecule has 0 aliphatic carbocycles. The van der Waals surface area contributed by atoms with Gasteiger partial charge in [-0.1, -0.05) is 86.6 Å². The summed E-state index contributed by atoms with van der Waals surface area (Å²) in [4.78, 5) is 13.6. The number of para-hydroxylation sites is 1. The predicted molar refractivity (Wildman–Crippen MR) is 145 cm³/mol. The second-order valence-electron chi connectivity index (χ2n) is 9.84. The largest absolute Gasteiger partial charge is 0.292 e. The van der Waals surface area contributed by atoms with Gasteiger partial charge in [-0.05, 0) is 51.6 Å². The van der Waals surface area contributed by atoms with Crippen molar-refractivity contribution in [3.63, 3.8) is 0 Å². The molecule has 7 rings (SSSR count). The highest BCUT2D eigenvalue weighted by Gasteiger charge is 2.36. The lowest BCUT2D eigenvalue weighted by Crippen LogP contribution is -2.26. The van der Waals surface area contributed by atoms with Crippen LogP contribution in [0.2, 0.25) is 0 Å². The van der Waals surface area contributed by atoms with Crippen LogP contribution in [-0.2, 0) is 5.41 Å². The summed E-state index contributed by atoms with van der Waals surface area (Å²) >= 11 is 0. The Labute approximate surface area is 210 Å². The predicted octanol–water partition coefficient (Wildman–Crippen LogP) is 7.46. The van der Waals surface area contributed by atoms with Crippen LogP contribution in [-0.4, -0.2) is 19.5 Å². The molecule has 0 unspecified atom stereocenters. The molecule has 0 spiro atoms. The summed E-state index contributed by atoms with van der Waals surface area (Å²) in [6.45, 7) is 4.63. The number of rotatable bonds is 3. The van der Waals surface area contributed by atoms with Gasteiger partial charge in [0.1, 0.15) is 12.2 Å². The van der Waals surface area contributed by atoms with Gasteiger partial charge in [0.05, 0.1) is 22.3 Å². The van der Waals surface area contributed by atoms with E-state index in [0.29, 0.717) is 0 Å². The van der Waals surface area contributed by atoms with Crippen LogP contribution in [0, 0.1) is 0 Å². The van der Waals surface area contributed by atoms with E-state index in [1.165, 1.54) is 33.4 Å². The second-order valence-corrected chi connectivity index (χ2v) is 9.84. The monoisotopic (exact) mass is 464 g/mol. The fourth-order valence-corrected chi connectivity index (χ4v) is 5.62. The van der Waals surface area contributed by atoms with E-state index in [9.17, 15) is 0 Å². The fourth-order valence-electron chi connectivity index (χ4n) is 5.62. The highest BCUT2D eigenvalue weighted by molar-refractivity contribution is 5.91. The van der Waals surface area contributed by atoms with Crippen LogP contribution in [0.1, 0.15) is 25.0 Å². The molecule has 4 nitrogen and oxygen atoms in total. The maximum absolute atomic E-state index is 5.04. The van der Waals surface area contributed by atoms with E-state index in [1.54, 1.807) is 6.33 Å². The molecule has 1 aliphatic rings. The molecule has 0 atom stereocenters. The van der Waals surface area contributed by atoms with Crippen molar-refractivity contribution in [1.82, 2.24) is 19.5 Å². The van der Waals surface area contributed by atoms with Gasteiger partial charge in [0.15, 0.2) is 0 Å². The van der Waals surface area contributed by atoms with Gasteiger partial charge in [-0.2, -0.15) is 0 Å². The third-order valence-electron chi connectivity index (χ3n) is 7.40. The molecule has 4 heteroatoms. The van der Waals surface area contributed by atoms with Gasteiger partial charge < -0.3 is 0 Å². The van der Waals surface area contributed by atoms with E-state index in [1.807, 2.05) is 12.4 Å². The quantitative estimate of drug-likeness (QED) is 0.273. The van der Waals surface area contributed by atoms with E-state index in [0.717, 1.165) is 28.1 Å². The molecule has 172 valence electrons. The van der Waals surface area contributed by atoms with Crippen molar-refractivity contribution in [3.05, 3.63) is 121 Å². The lowest BCUT2D eigenvalue weighted by Gasteiger charge is -2.35. The molecule has 0 saturated heterocycles. The zero-order valence-electron chi connectivity index (χ0n) is 20.2. The van der Waals surface area contributed by atoms with Crippen molar-refractivity contribution in [1.29, 1.82) is 0 Å². The number of fused-ring (bicyclic) bond motifs is 2. The zero-order valence-corrected chi connectivity index (χ0v) is 20.2. The first kappa shape index (κ1) is 20.8. The Morgan fingerprint density at radius 3 is 2.14 bits per heavy atom. The molecule has 36 heavy (non-hydrogen) atoms. The summed E-state index contributed by atoms with van der Waals surface area (Å²) in [6, 6.07) is 32.5. The first-order valence-electron chi connectivity index (χ1n) is 12.2. The van der Waals surface area contributed by atoms with Crippen LogP contribution in [0.5, 0.6) is 0 Å². The molecule has 0 amide bonds. The van der Waals surface area contributed by atoms with E-state index < -0.39 is 0 Å². The number of imidazole rings is 1. The topological polar surface area (TPSA) is 43.6 Å². The number of aromatic nitrogens is 4. The summed E-state index contributed by atoms with van der Waals surface area (Å²) in [5.41, 5.74) is 11.5. The molecule has 4 aromatic carbocycles. The van der Waals surface area contributed by atoms with Gasteiger partial charge in [0, 0.05) is 17.8 Å². The van der Waals surface area contributed by atoms with Gasteiger partial charge in [0.25, 0.3) is 0 Å². The normalized spacial score (nSPS) is 13.5.